The van der Waals surface area contributed by atoms with Gasteiger partial charge in [-0.2, -0.15) is 0 Å². The summed E-state index contributed by atoms with van der Waals surface area (Å²) in [6.07, 6.45) is 5.72. The maximum absolute atomic E-state index is 5.79. The first kappa shape index (κ1) is 44.6. The second-order valence-corrected chi connectivity index (χ2v) is 11.2. The van der Waals surface area contributed by atoms with E-state index in [1.165, 1.54) is 6.42 Å². The van der Waals surface area contributed by atoms with Crippen LogP contribution in [-0.4, -0.2) is 191 Å². The molecule has 49 heavy (non-hydrogen) atoms. The molecule has 0 spiro atoms. The van der Waals surface area contributed by atoms with E-state index in [0.717, 1.165) is 45.4 Å². The molecule has 1 atom stereocenters. The first-order chi connectivity index (χ1) is 24.4. The average molecular weight is 714 g/mol. The Kier molecular flexibility index (Phi) is 33.8. The highest BCUT2D eigenvalue weighted by Crippen LogP contribution is 2.13. The molecule has 2 fully saturated rings. The van der Waals surface area contributed by atoms with E-state index in [1.807, 2.05) is 0 Å². The lowest BCUT2D eigenvalue weighted by molar-refractivity contribution is -0.169. The summed E-state index contributed by atoms with van der Waals surface area (Å²) in [6, 6.07) is 0. The van der Waals surface area contributed by atoms with Crippen LogP contribution >= 0.6 is 0 Å². The van der Waals surface area contributed by atoms with Crippen molar-refractivity contribution in [3.8, 4) is 0 Å². The molecule has 292 valence electrons. The van der Waals surface area contributed by atoms with E-state index >= 15 is 0 Å². The molecule has 15 nitrogen and oxygen atoms in total. The van der Waals surface area contributed by atoms with Gasteiger partial charge in [-0.1, -0.05) is 0 Å². The van der Waals surface area contributed by atoms with Crippen LogP contribution in [-0.2, 0) is 66.3 Å². The van der Waals surface area contributed by atoms with E-state index < -0.39 is 0 Å². The fourth-order valence-electron chi connectivity index (χ4n) is 4.62. The van der Waals surface area contributed by atoms with Gasteiger partial charge in [0.05, 0.1) is 165 Å². The molecule has 2 saturated heterocycles. The average Bonchev–Trinajstić information content (AvgIpc) is 3.13. The molecule has 0 aromatic rings. The number of ether oxygens (including phenoxy) is 14. The topological polar surface area (TPSA) is 141 Å². The molecule has 1 unspecified atom stereocenters. The van der Waals surface area contributed by atoms with Crippen LogP contribution in [0.3, 0.4) is 0 Å². The highest BCUT2D eigenvalue weighted by Gasteiger charge is 2.14. The van der Waals surface area contributed by atoms with Crippen LogP contribution < -0.4 is 5.32 Å². The Morgan fingerprint density at radius 2 is 0.653 bits per heavy atom. The predicted molar refractivity (Wildman–Crippen MR) is 180 cm³/mol. The van der Waals surface area contributed by atoms with Crippen LogP contribution in [0.5, 0.6) is 0 Å². The van der Waals surface area contributed by atoms with Crippen molar-refractivity contribution in [2.24, 2.45) is 0 Å². The SMILES string of the molecule is C1CCC(OCCOCCOCCOCCOCCOCCOCCOCCOCCOCCOCCOCCOC2CCNCC2)OC1. The normalized spacial score (nSPS) is 17.3. The minimum Gasteiger partial charge on any atom is -0.377 e. The van der Waals surface area contributed by atoms with Gasteiger partial charge in [-0.05, 0) is 45.2 Å². The minimum atomic E-state index is -0.0657. The Morgan fingerprint density at radius 1 is 0.347 bits per heavy atom. The summed E-state index contributed by atoms with van der Waals surface area (Å²) in [4.78, 5) is 0. The van der Waals surface area contributed by atoms with Crippen molar-refractivity contribution in [3.63, 3.8) is 0 Å². The van der Waals surface area contributed by atoms with E-state index in [9.17, 15) is 0 Å². The summed E-state index contributed by atoms with van der Waals surface area (Å²) in [5.74, 6) is 0. The van der Waals surface area contributed by atoms with Gasteiger partial charge in [-0.3, -0.25) is 0 Å². The van der Waals surface area contributed by atoms with Gasteiger partial charge >= 0.3 is 0 Å². The van der Waals surface area contributed by atoms with E-state index in [-0.39, 0.29) is 6.29 Å². The summed E-state index contributed by atoms with van der Waals surface area (Å²) in [5, 5.41) is 3.33. The van der Waals surface area contributed by atoms with Crippen LogP contribution in [0.4, 0.5) is 0 Å². The van der Waals surface area contributed by atoms with E-state index in [0.29, 0.717) is 165 Å². The zero-order valence-electron chi connectivity index (χ0n) is 30.0. The van der Waals surface area contributed by atoms with Gasteiger partial charge in [0.1, 0.15) is 0 Å². The molecule has 0 amide bonds. The van der Waals surface area contributed by atoms with Gasteiger partial charge in [-0.15, -0.1) is 0 Å². The molecule has 0 aromatic carbocycles. The van der Waals surface area contributed by atoms with E-state index in [4.69, 9.17) is 66.3 Å². The van der Waals surface area contributed by atoms with Crippen molar-refractivity contribution in [3.05, 3.63) is 0 Å². The van der Waals surface area contributed by atoms with Crippen LogP contribution in [0.15, 0.2) is 0 Å². The van der Waals surface area contributed by atoms with Crippen molar-refractivity contribution in [2.45, 2.75) is 44.5 Å². The Labute approximate surface area is 294 Å². The highest BCUT2D eigenvalue weighted by molar-refractivity contribution is 4.67. The Balaban J connectivity index is 1.11. The maximum atomic E-state index is 5.79. The summed E-state index contributed by atoms with van der Waals surface area (Å²) in [6.45, 7) is 15.7. The first-order valence-corrected chi connectivity index (χ1v) is 18.4. The molecule has 2 aliphatic heterocycles. The van der Waals surface area contributed by atoms with Crippen molar-refractivity contribution in [2.75, 3.05) is 178 Å². The van der Waals surface area contributed by atoms with Gasteiger partial charge in [0.15, 0.2) is 6.29 Å². The number of piperidine rings is 1. The third-order valence-electron chi connectivity index (χ3n) is 7.26. The fourth-order valence-corrected chi connectivity index (χ4v) is 4.62. The van der Waals surface area contributed by atoms with E-state index in [1.54, 1.807) is 0 Å². The molecule has 2 heterocycles. The number of hydrogen-bond donors (Lipinski definition) is 1. The summed E-state index contributed by atoms with van der Waals surface area (Å²) in [5.41, 5.74) is 0. The van der Waals surface area contributed by atoms with Crippen LogP contribution in [0.1, 0.15) is 32.1 Å². The predicted octanol–water partition coefficient (Wildman–Crippen LogP) is 1.48. The van der Waals surface area contributed by atoms with Crippen molar-refractivity contribution < 1.29 is 66.3 Å². The monoisotopic (exact) mass is 713 g/mol. The summed E-state index contributed by atoms with van der Waals surface area (Å²) >= 11 is 0. The zero-order valence-corrected chi connectivity index (χ0v) is 30.0. The van der Waals surface area contributed by atoms with Crippen molar-refractivity contribution in [1.82, 2.24) is 5.32 Å². The summed E-state index contributed by atoms with van der Waals surface area (Å²) in [7, 11) is 0. The van der Waals surface area contributed by atoms with Crippen LogP contribution in [0.25, 0.3) is 0 Å². The third kappa shape index (κ3) is 31.8. The zero-order chi connectivity index (χ0) is 34.4. The molecular weight excluding hydrogens is 646 g/mol. The molecule has 0 aromatic heterocycles. The van der Waals surface area contributed by atoms with Gasteiger partial charge in [0, 0.05) is 6.61 Å². The lowest BCUT2D eigenvalue weighted by Gasteiger charge is -2.22. The second-order valence-electron chi connectivity index (χ2n) is 11.2. The molecule has 15 heteroatoms. The maximum Gasteiger partial charge on any atom is 0.157 e. The van der Waals surface area contributed by atoms with Gasteiger partial charge < -0.3 is 71.6 Å². The number of hydrogen-bond acceptors (Lipinski definition) is 15. The van der Waals surface area contributed by atoms with Gasteiger partial charge in [0.2, 0.25) is 0 Å². The quantitative estimate of drug-likeness (QED) is 0.0924. The number of nitrogens with one attached hydrogen (secondary N) is 1. The standard InChI is InChI=1S/C34H67NO14/c1-2-8-48-34(3-1)49-32-30-46-28-26-44-24-22-42-20-18-40-16-14-38-12-10-36-9-11-37-13-15-39-17-19-41-21-23-43-25-27-45-29-31-47-33-4-6-35-7-5-33/h33-35H,1-32H2. The molecule has 0 saturated carbocycles. The van der Waals surface area contributed by atoms with Gasteiger partial charge in [-0.25, -0.2) is 0 Å². The molecule has 2 aliphatic rings. The molecule has 2 rings (SSSR count). The lowest BCUT2D eigenvalue weighted by Crippen LogP contribution is -2.33. The minimum absolute atomic E-state index is 0.0657. The van der Waals surface area contributed by atoms with E-state index in [2.05, 4.69) is 5.32 Å². The molecule has 0 bridgehead atoms. The Hall–Kier alpha value is -0.600. The molecule has 0 radical (unpaired) electrons. The first-order valence-electron chi connectivity index (χ1n) is 18.4. The van der Waals surface area contributed by atoms with Crippen molar-refractivity contribution in [1.29, 1.82) is 0 Å². The lowest BCUT2D eigenvalue weighted by atomic mass is 10.1. The van der Waals surface area contributed by atoms with Crippen LogP contribution in [0, 0.1) is 0 Å². The third-order valence-corrected chi connectivity index (χ3v) is 7.26. The second kappa shape index (κ2) is 37.2. The van der Waals surface area contributed by atoms with Crippen LogP contribution in [0.2, 0.25) is 0 Å². The largest absolute Gasteiger partial charge is 0.377 e. The Bertz CT molecular complexity index is 592. The van der Waals surface area contributed by atoms with Crippen molar-refractivity contribution >= 4 is 0 Å². The van der Waals surface area contributed by atoms with Gasteiger partial charge in [0.25, 0.3) is 0 Å². The molecular formula is C34H67NO14. The highest BCUT2D eigenvalue weighted by atomic mass is 16.7. The smallest absolute Gasteiger partial charge is 0.157 e. The fraction of sp³-hybridized carbons (Fsp3) is 1.00. The summed E-state index contributed by atoms with van der Waals surface area (Å²) < 4.78 is 77.4. The number of rotatable bonds is 38. The molecule has 1 N–H and O–H groups in total. The Morgan fingerprint density at radius 3 is 0.959 bits per heavy atom. The molecule has 0 aliphatic carbocycles.